The van der Waals surface area contributed by atoms with Gasteiger partial charge in [0.2, 0.25) is 11.8 Å². The summed E-state index contributed by atoms with van der Waals surface area (Å²) in [5.74, 6) is -1.54. The summed E-state index contributed by atoms with van der Waals surface area (Å²) < 4.78 is 1.30. The quantitative estimate of drug-likeness (QED) is 0.725. The van der Waals surface area contributed by atoms with Crippen molar-refractivity contribution in [2.75, 3.05) is 6.54 Å². The highest BCUT2D eigenvalue weighted by molar-refractivity contribution is 5.97. The minimum Gasteiger partial charge on any atom is -0.476 e. The number of hydrogen-bond donors (Lipinski definition) is 1. The summed E-state index contributed by atoms with van der Waals surface area (Å²) >= 11 is 0. The van der Waals surface area contributed by atoms with Crippen LogP contribution < -0.4 is 0 Å². The van der Waals surface area contributed by atoms with Crippen LogP contribution in [0.2, 0.25) is 0 Å². The van der Waals surface area contributed by atoms with E-state index >= 15 is 0 Å². The number of likely N-dealkylation sites (tertiary alicyclic amines) is 1. The Labute approximate surface area is 102 Å². The molecular weight excluding hydrogens is 240 g/mol. The average Bonchev–Trinajstić information content (AvgIpc) is 2.77. The Kier molecular flexibility index (Phi) is 3.35. The molecule has 2 rings (SSSR count). The molecule has 0 radical (unpaired) electrons. The van der Waals surface area contributed by atoms with E-state index in [1.807, 2.05) is 0 Å². The molecule has 0 atom stereocenters. The van der Waals surface area contributed by atoms with Crippen LogP contribution in [-0.4, -0.2) is 49.3 Å². The van der Waals surface area contributed by atoms with Gasteiger partial charge in [-0.15, -0.1) is 5.10 Å². The third kappa shape index (κ3) is 2.53. The van der Waals surface area contributed by atoms with Gasteiger partial charge in [0, 0.05) is 19.4 Å². The van der Waals surface area contributed by atoms with Crippen LogP contribution in [0.1, 0.15) is 29.8 Å². The molecular formula is C10H12N4O4. The lowest BCUT2D eigenvalue weighted by Crippen LogP contribution is -2.41. The molecule has 8 heteroatoms. The summed E-state index contributed by atoms with van der Waals surface area (Å²) in [6, 6.07) is 0. The van der Waals surface area contributed by atoms with E-state index in [-0.39, 0.29) is 30.6 Å². The van der Waals surface area contributed by atoms with E-state index in [0.29, 0.717) is 19.3 Å². The van der Waals surface area contributed by atoms with Gasteiger partial charge in [0.05, 0.1) is 12.7 Å². The summed E-state index contributed by atoms with van der Waals surface area (Å²) in [5, 5.41) is 15.7. The molecule has 1 N–H and O–H groups in total. The maximum Gasteiger partial charge on any atom is 0.358 e. The van der Waals surface area contributed by atoms with Crippen molar-refractivity contribution in [1.29, 1.82) is 0 Å². The molecule has 18 heavy (non-hydrogen) atoms. The van der Waals surface area contributed by atoms with Gasteiger partial charge < -0.3 is 5.11 Å². The summed E-state index contributed by atoms with van der Waals surface area (Å²) in [4.78, 5) is 34.8. The van der Waals surface area contributed by atoms with Crippen LogP contribution in [0.25, 0.3) is 0 Å². The highest BCUT2D eigenvalue weighted by Crippen LogP contribution is 2.11. The lowest BCUT2D eigenvalue weighted by atomic mass is 10.1. The van der Waals surface area contributed by atoms with Crippen molar-refractivity contribution in [2.45, 2.75) is 25.8 Å². The van der Waals surface area contributed by atoms with Crippen molar-refractivity contribution in [1.82, 2.24) is 19.9 Å². The van der Waals surface area contributed by atoms with Crippen molar-refractivity contribution in [3.63, 3.8) is 0 Å². The first-order valence-electron chi connectivity index (χ1n) is 5.54. The van der Waals surface area contributed by atoms with Crippen LogP contribution in [0.3, 0.4) is 0 Å². The van der Waals surface area contributed by atoms with Crippen LogP contribution in [0, 0.1) is 0 Å². The van der Waals surface area contributed by atoms with Gasteiger partial charge in [-0.1, -0.05) is 5.21 Å². The first kappa shape index (κ1) is 12.2. The van der Waals surface area contributed by atoms with E-state index in [4.69, 9.17) is 5.11 Å². The fourth-order valence-corrected chi connectivity index (χ4v) is 1.76. The minimum atomic E-state index is -1.16. The zero-order valence-corrected chi connectivity index (χ0v) is 9.57. The zero-order valence-electron chi connectivity index (χ0n) is 9.57. The molecule has 1 saturated heterocycles. The van der Waals surface area contributed by atoms with E-state index in [1.165, 1.54) is 15.8 Å². The first-order valence-corrected chi connectivity index (χ1v) is 5.54. The zero-order chi connectivity index (χ0) is 13.1. The molecule has 0 saturated carbocycles. The highest BCUT2D eigenvalue weighted by atomic mass is 16.4. The van der Waals surface area contributed by atoms with Crippen LogP contribution in [0.4, 0.5) is 0 Å². The van der Waals surface area contributed by atoms with Gasteiger partial charge in [-0.2, -0.15) is 0 Å². The molecule has 1 aliphatic rings. The van der Waals surface area contributed by atoms with E-state index in [1.54, 1.807) is 0 Å². The Morgan fingerprint density at radius 3 is 2.50 bits per heavy atom. The van der Waals surface area contributed by atoms with Gasteiger partial charge in [-0.25, -0.2) is 9.48 Å². The Hall–Kier alpha value is -2.25. The normalized spacial score (nSPS) is 16.1. The Bertz CT molecular complexity index is 480. The fraction of sp³-hybridized carbons (Fsp3) is 0.500. The molecule has 1 aromatic rings. The number of nitrogens with zero attached hydrogens (tertiary/aromatic N) is 4. The molecule has 0 unspecified atom stereocenters. The number of carbonyl (C=O) groups is 3. The number of carboxylic acids is 1. The SMILES string of the molecule is O=C(O)c1cn(CCN2C(=O)CCCC2=O)nn1. The number of carbonyl (C=O) groups excluding carboxylic acids is 2. The number of aromatic nitrogens is 3. The number of imide groups is 1. The number of aromatic carboxylic acids is 1. The number of amides is 2. The predicted octanol–water partition coefficient (Wildman–Crippen LogP) is -0.485. The molecule has 0 aromatic carbocycles. The highest BCUT2D eigenvalue weighted by Gasteiger charge is 2.25. The van der Waals surface area contributed by atoms with Crippen molar-refractivity contribution in [3.8, 4) is 0 Å². The Morgan fingerprint density at radius 1 is 1.28 bits per heavy atom. The average molecular weight is 252 g/mol. The topological polar surface area (TPSA) is 105 Å². The predicted molar refractivity (Wildman–Crippen MR) is 57.6 cm³/mol. The molecule has 0 aliphatic carbocycles. The van der Waals surface area contributed by atoms with E-state index < -0.39 is 5.97 Å². The van der Waals surface area contributed by atoms with E-state index in [9.17, 15) is 14.4 Å². The first-order chi connectivity index (χ1) is 8.58. The summed E-state index contributed by atoms with van der Waals surface area (Å²) in [7, 11) is 0. The van der Waals surface area contributed by atoms with Crippen LogP contribution >= 0.6 is 0 Å². The fourth-order valence-electron chi connectivity index (χ4n) is 1.76. The largest absolute Gasteiger partial charge is 0.476 e. The maximum atomic E-state index is 11.5. The molecule has 0 bridgehead atoms. The lowest BCUT2D eigenvalue weighted by Gasteiger charge is -2.24. The molecule has 8 nitrogen and oxygen atoms in total. The second-order valence-electron chi connectivity index (χ2n) is 3.96. The number of piperidine rings is 1. The molecule has 2 heterocycles. The monoisotopic (exact) mass is 252 g/mol. The number of rotatable bonds is 4. The van der Waals surface area contributed by atoms with E-state index in [2.05, 4.69) is 10.3 Å². The van der Waals surface area contributed by atoms with E-state index in [0.717, 1.165) is 0 Å². The molecule has 96 valence electrons. The maximum absolute atomic E-state index is 11.5. The smallest absolute Gasteiger partial charge is 0.358 e. The van der Waals surface area contributed by atoms with Gasteiger partial charge in [0.25, 0.3) is 0 Å². The molecule has 0 spiro atoms. The Balaban J connectivity index is 1.95. The third-order valence-corrected chi connectivity index (χ3v) is 2.69. The van der Waals surface area contributed by atoms with Crippen molar-refractivity contribution < 1.29 is 19.5 Å². The second-order valence-corrected chi connectivity index (χ2v) is 3.96. The van der Waals surface area contributed by atoms with Gasteiger partial charge in [-0.3, -0.25) is 14.5 Å². The lowest BCUT2D eigenvalue weighted by molar-refractivity contribution is -0.148. The van der Waals surface area contributed by atoms with Gasteiger partial charge in [0.15, 0.2) is 5.69 Å². The molecule has 1 aromatic heterocycles. The van der Waals surface area contributed by atoms with Crippen molar-refractivity contribution >= 4 is 17.8 Å². The van der Waals surface area contributed by atoms with Crippen LogP contribution in [-0.2, 0) is 16.1 Å². The second kappa shape index (κ2) is 4.94. The minimum absolute atomic E-state index is 0.161. The van der Waals surface area contributed by atoms with Crippen LogP contribution in [0.5, 0.6) is 0 Å². The third-order valence-electron chi connectivity index (χ3n) is 2.69. The molecule has 1 aliphatic heterocycles. The molecule has 1 fully saturated rings. The van der Waals surface area contributed by atoms with Gasteiger partial charge >= 0.3 is 5.97 Å². The summed E-state index contributed by atoms with van der Waals surface area (Å²) in [6.07, 6.45) is 2.62. The van der Waals surface area contributed by atoms with Crippen molar-refractivity contribution in [3.05, 3.63) is 11.9 Å². The standard InChI is InChI=1S/C10H12N4O4/c15-8-2-1-3-9(16)14(8)5-4-13-6-7(10(17)18)11-12-13/h6H,1-5H2,(H,17,18). The summed E-state index contributed by atoms with van der Waals surface area (Å²) in [6.45, 7) is 0.442. The number of hydrogen-bond acceptors (Lipinski definition) is 5. The summed E-state index contributed by atoms with van der Waals surface area (Å²) in [5.41, 5.74) is -0.161. The van der Waals surface area contributed by atoms with Crippen LogP contribution in [0.15, 0.2) is 6.20 Å². The van der Waals surface area contributed by atoms with Gasteiger partial charge in [-0.05, 0) is 6.42 Å². The number of carboxylic acid groups (broad SMARTS) is 1. The van der Waals surface area contributed by atoms with Gasteiger partial charge in [0.1, 0.15) is 0 Å². The van der Waals surface area contributed by atoms with Crippen molar-refractivity contribution in [2.24, 2.45) is 0 Å². The molecule has 2 amide bonds. The Morgan fingerprint density at radius 2 is 1.94 bits per heavy atom.